The van der Waals surface area contributed by atoms with E-state index in [9.17, 15) is 24.9 Å². The van der Waals surface area contributed by atoms with Gasteiger partial charge in [-0.2, -0.15) is 0 Å². The molecule has 0 radical (unpaired) electrons. The molecule has 1 aromatic heterocycles. The van der Waals surface area contributed by atoms with Gasteiger partial charge in [-0.1, -0.05) is 27.7 Å². The zero-order valence-electron chi connectivity index (χ0n) is 40.6. The molecule has 0 aromatic carbocycles. The molecule has 13 rings (SSSR count). The van der Waals surface area contributed by atoms with E-state index >= 15 is 0 Å². The fourth-order valence-electron chi connectivity index (χ4n) is 20.4. The average molecular weight is 897 g/mol. The maximum atomic E-state index is 14.8. The summed E-state index contributed by atoms with van der Waals surface area (Å²) in [5.74, 6) is -0.206. The lowest BCUT2D eigenvalue weighted by Gasteiger charge is -2.56. The van der Waals surface area contributed by atoms with Crippen LogP contribution in [0.5, 0.6) is 0 Å². The Balaban J connectivity index is 0.756. The van der Waals surface area contributed by atoms with Crippen LogP contribution in [0.2, 0.25) is 0 Å². The van der Waals surface area contributed by atoms with E-state index in [2.05, 4.69) is 41.5 Å². The zero-order valence-corrected chi connectivity index (χ0v) is 40.6. The first-order valence-electron chi connectivity index (χ1n) is 26.2. The van der Waals surface area contributed by atoms with Crippen molar-refractivity contribution < 1.29 is 43.9 Å². The van der Waals surface area contributed by atoms with Gasteiger partial charge in [0.15, 0.2) is 11.6 Å². The zero-order chi connectivity index (χ0) is 45.7. The molecular weight excluding hydrogens is 821 g/mol. The van der Waals surface area contributed by atoms with Gasteiger partial charge in [0.25, 0.3) is 0 Å². The third kappa shape index (κ3) is 5.04. The molecule has 8 aliphatic carbocycles. The predicted molar refractivity (Wildman–Crippen MR) is 238 cm³/mol. The highest BCUT2D eigenvalue weighted by Crippen LogP contribution is 2.75. The highest BCUT2D eigenvalue weighted by Gasteiger charge is 2.80. The number of fused-ring (bicyclic) bond motifs is 12. The summed E-state index contributed by atoms with van der Waals surface area (Å²) < 4.78 is 26.7. The number of carbonyl (C=O) groups excluding carboxylic acids is 2. The molecule has 11 nitrogen and oxygen atoms in total. The second-order valence-electron chi connectivity index (χ2n) is 26.9. The summed E-state index contributed by atoms with van der Waals surface area (Å²) in [7, 11) is 0. The Morgan fingerprint density at radius 3 is 1.45 bits per heavy atom. The number of hydrogen-bond donors (Lipinski definition) is 3. The van der Waals surface area contributed by atoms with Gasteiger partial charge in [0, 0.05) is 49.4 Å². The van der Waals surface area contributed by atoms with Crippen LogP contribution < -0.4 is 0 Å². The van der Waals surface area contributed by atoms with Crippen molar-refractivity contribution in [3.05, 3.63) is 22.8 Å². The molecule has 11 heteroatoms. The molecule has 3 N–H and O–H groups in total. The van der Waals surface area contributed by atoms with Crippen LogP contribution in [0.4, 0.5) is 0 Å². The van der Waals surface area contributed by atoms with Crippen molar-refractivity contribution in [1.29, 1.82) is 0 Å². The predicted octanol–water partition coefficient (Wildman–Crippen LogP) is 7.04. The summed E-state index contributed by atoms with van der Waals surface area (Å²) in [6.45, 7) is 19.4. The first-order valence-corrected chi connectivity index (χ1v) is 26.2. The molecule has 0 amide bonds. The van der Waals surface area contributed by atoms with Crippen molar-refractivity contribution >= 4 is 11.6 Å². The van der Waals surface area contributed by atoms with Gasteiger partial charge in [0.2, 0.25) is 0 Å². The molecule has 65 heavy (non-hydrogen) atoms. The van der Waals surface area contributed by atoms with Crippen LogP contribution in [0.3, 0.4) is 0 Å². The number of hydrogen-bond acceptors (Lipinski definition) is 11. The summed E-state index contributed by atoms with van der Waals surface area (Å²) in [4.78, 5) is 40.7. The van der Waals surface area contributed by atoms with E-state index in [4.69, 9.17) is 28.9 Å². The SMILES string of the molecule is C[C@H]1[C@H]2[C@H](C[C@]3(C(=O)C[C@H]4[C@H]3CC[C@H]3Cc5nc6c(nc5C[C@@]34C)C[C@@H]3CC[C@@H]4[C@H](CC(=O)[C@]45C[C@@H]4O[C@@]7(CCC(C)(C)O7)[C@@H](C)[C@@H]4[C@]5(C)O)[C@@]3(C)C6)[C@@]2(C)O)O[C@]12CC[C@](C)(O)CO2. The Labute approximate surface area is 385 Å². The molecular formula is C54H76N2O9. The van der Waals surface area contributed by atoms with E-state index in [0.717, 1.165) is 87.0 Å². The summed E-state index contributed by atoms with van der Waals surface area (Å²) >= 11 is 0. The van der Waals surface area contributed by atoms with Crippen molar-refractivity contribution in [2.75, 3.05) is 6.61 Å². The smallest absolute Gasteiger partial charge is 0.172 e. The number of ether oxygens (including phenoxy) is 4. The van der Waals surface area contributed by atoms with E-state index in [1.54, 1.807) is 0 Å². The second kappa shape index (κ2) is 12.7. The monoisotopic (exact) mass is 897 g/mol. The molecule has 6 saturated carbocycles. The molecule has 5 heterocycles. The fraction of sp³-hybridized carbons (Fsp3) is 0.889. The number of carbonyl (C=O) groups is 2. The minimum absolute atomic E-state index is 0.000951. The summed E-state index contributed by atoms with van der Waals surface area (Å²) in [5, 5.41) is 36.5. The number of nitrogens with zero attached hydrogens (tertiary/aromatic N) is 2. The Morgan fingerprint density at radius 2 is 1.02 bits per heavy atom. The van der Waals surface area contributed by atoms with Gasteiger partial charge in [-0.25, -0.2) is 0 Å². The van der Waals surface area contributed by atoms with E-state index < -0.39 is 39.2 Å². The lowest BCUT2D eigenvalue weighted by molar-refractivity contribution is -0.295. The van der Waals surface area contributed by atoms with E-state index in [-0.39, 0.29) is 94.2 Å². The van der Waals surface area contributed by atoms with Crippen LogP contribution in [0.15, 0.2) is 0 Å². The van der Waals surface area contributed by atoms with Crippen LogP contribution in [-0.4, -0.2) is 89.6 Å². The number of aliphatic hydroxyl groups is 3. The summed E-state index contributed by atoms with van der Waals surface area (Å²) in [5.41, 5.74) is -0.958. The Hall–Kier alpha value is -1.86. The largest absolute Gasteiger partial charge is 0.389 e. The fourth-order valence-corrected chi connectivity index (χ4v) is 20.4. The van der Waals surface area contributed by atoms with Crippen molar-refractivity contribution in [1.82, 2.24) is 9.97 Å². The molecule has 4 saturated heterocycles. The third-order valence-electron chi connectivity index (χ3n) is 23.7. The van der Waals surface area contributed by atoms with Gasteiger partial charge < -0.3 is 34.3 Å². The molecule has 4 spiro atoms. The first kappa shape index (κ1) is 43.2. The molecule has 0 unspecified atom stereocenters. The van der Waals surface area contributed by atoms with Crippen LogP contribution in [0.1, 0.15) is 162 Å². The van der Waals surface area contributed by atoms with E-state index in [1.165, 1.54) is 0 Å². The molecule has 4 aliphatic heterocycles. The number of Topliss-reactive ketones (excluding diaryl/α,β-unsaturated/α-hetero) is 2. The van der Waals surface area contributed by atoms with Crippen LogP contribution >= 0.6 is 0 Å². The van der Waals surface area contributed by atoms with Crippen LogP contribution in [0.25, 0.3) is 0 Å². The summed E-state index contributed by atoms with van der Waals surface area (Å²) in [6, 6.07) is 0. The molecule has 1 aromatic rings. The maximum Gasteiger partial charge on any atom is 0.172 e. The quantitative estimate of drug-likeness (QED) is 0.245. The lowest BCUT2D eigenvalue weighted by atomic mass is 9.49. The molecule has 0 bridgehead atoms. The van der Waals surface area contributed by atoms with Gasteiger partial charge in [-0.3, -0.25) is 19.6 Å². The second-order valence-corrected chi connectivity index (χ2v) is 26.9. The number of aromatic nitrogens is 2. The van der Waals surface area contributed by atoms with Crippen molar-refractivity contribution in [2.24, 2.45) is 80.8 Å². The molecule has 356 valence electrons. The van der Waals surface area contributed by atoms with Gasteiger partial charge in [-0.15, -0.1) is 0 Å². The van der Waals surface area contributed by atoms with Gasteiger partial charge in [0.05, 0.1) is 74.8 Å². The minimum Gasteiger partial charge on any atom is -0.389 e. The standard InChI is InChI=1S/C54H76N2O9/c1-27-43-39(63-53(27)17-15-46(5,59)26-62-53)24-51(49(43,8)60)31-12-10-29-18-35-37(22-47(29,6)33(31)20-41(51)57)55-36-19-30-11-13-32-34(48(30,7)23-38(36)56-35)21-42(58)52(32)25-40-44(50(52,9)61)28(2)54(64-40)16-14-45(3,4)65-54/h27-34,39-40,43-44,59-61H,10-26H2,1-9H3/t27-,28-,29-,30-,31+,32+,33-,34-,39-,40-,43-,44-,46-,47-,48-,49-,50-,51-,52-,53+,54+/m0/s1. The van der Waals surface area contributed by atoms with E-state index in [1.807, 2.05) is 20.8 Å². The van der Waals surface area contributed by atoms with Gasteiger partial charge in [-0.05, 0) is 158 Å². The Bertz CT molecular complexity index is 2280. The highest BCUT2D eigenvalue weighted by molar-refractivity contribution is 5.91. The highest BCUT2D eigenvalue weighted by atomic mass is 16.7. The number of rotatable bonds is 0. The van der Waals surface area contributed by atoms with Crippen LogP contribution in [0, 0.1) is 80.8 Å². The van der Waals surface area contributed by atoms with Crippen molar-refractivity contribution in [3.8, 4) is 0 Å². The van der Waals surface area contributed by atoms with Gasteiger partial charge in [0.1, 0.15) is 11.6 Å². The average Bonchev–Trinajstić information content (AvgIpc) is 4.03. The Kier molecular flexibility index (Phi) is 8.45. The third-order valence-corrected chi connectivity index (χ3v) is 23.7. The maximum absolute atomic E-state index is 14.8. The van der Waals surface area contributed by atoms with Crippen molar-refractivity contribution in [3.63, 3.8) is 0 Å². The summed E-state index contributed by atoms with van der Waals surface area (Å²) in [6.07, 6.45) is 11.8. The molecule has 21 atom stereocenters. The molecule has 12 aliphatic rings. The van der Waals surface area contributed by atoms with E-state index in [0.29, 0.717) is 50.4 Å². The lowest BCUT2D eigenvalue weighted by Crippen LogP contribution is -2.58. The normalized spacial score (nSPS) is 58.8. The van der Waals surface area contributed by atoms with Crippen LogP contribution in [-0.2, 0) is 54.2 Å². The van der Waals surface area contributed by atoms with Gasteiger partial charge >= 0.3 is 0 Å². The Morgan fingerprint density at radius 1 is 0.554 bits per heavy atom. The molecule has 10 fully saturated rings. The number of ketones is 2. The topological polar surface area (TPSA) is 158 Å². The minimum atomic E-state index is -1.23. The van der Waals surface area contributed by atoms with Crippen molar-refractivity contribution in [2.45, 2.75) is 211 Å². The first-order chi connectivity index (χ1) is 30.4.